The van der Waals surface area contributed by atoms with Crippen LogP contribution in [0.15, 0.2) is 23.1 Å². The summed E-state index contributed by atoms with van der Waals surface area (Å²) in [4.78, 5) is 16.2. The molecule has 22 heavy (non-hydrogen) atoms. The van der Waals surface area contributed by atoms with E-state index >= 15 is 0 Å². The zero-order valence-corrected chi connectivity index (χ0v) is 14.3. The molecule has 1 aliphatic carbocycles. The molecule has 1 heterocycles. The molecule has 0 radical (unpaired) electrons. The summed E-state index contributed by atoms with van der Waals surface area (Å²) in [6.45, 7) is 4.25. The van der Waals surface area contributed by atoms with Gasteiger partial charge in [-0.3, -0.25) is 4.79 Å². The minimum atomic E-state index is 0.0985. The second-order valence-corrected chi connectivity index (χ2v) is 7.41. The first-order chi connectivity index (χ1) is 10.8. The molecule has 1 aromatic carbocycles. The van der Waals surface area contributed by atoms with Gasteiger partial charge in [0.25, 0.3) is 5.91 Å². The van der Waals surface area contributed by atoms with Crippen molar-refractivity contribution in [3.05, 3.63) is 23.8 Å². The fraction of sp³-hybridized carbons (Fsp3) is 0.611. The highest BCUT2D eigenvalue weighted by Crippen LogP contribution is 2.35. The lowest BCUT2D eigenvalue weighted by Gasteiger charge is -2.30. The third-order valence-corrected chi connectivity index (χ3v) is 5.80. The number of fused-ring (bicyclic) bond motifs is 1. The average molecular weight is 318 g/mol. The van der Waals surface area contributed by atoms with E-state index in [2.05, 4.69) is 29.3 Å². The lowest BCUT2D eigenvalue weighted by atomic mass is 10.1. The van der Waals surface area contributed by atoms with Crippen LogP contribution >= 0.6 is 11.8 Å². The molecular formula is C18H26N2OS. The molecule has 0 saturated heterocycles. The van der Waals surface area contributed by atoms with Crippen LogP contribution in [0.4, 0.5) is 5.69 Å². The summed E-state index contributed by atoms with van der Waals surface area (Å²) in [5, 5.41) is 3.25. The largest absolute Gasteiger partial charge is 0.370 e. The maximum atomic E-state index is 12.6. The lowest BCUT2D eigenvalue weighted by molar-refractivity contribution is 0.0933. The first kappa shape index (κ1) is 15.7. The molecule has 3 nitrogen and oxygen atoms in total. The molecule has 0 unspecified atom stereocenters. The third kappa shape index (κ3) is 3.60. The van der Waals surface area contributed by atoms with Crippen molar-refractivity contribution < 1.29 is 4.79 Å². The molecule has 4 heteroatoms. The summed E-state index contributed by atoms with van der Waals surface area (Å²) in [5.41, 5.74) is 2.04. The van der Waals surface area contributed by atoms with Crippen LogP contribution in [0.1, 0.15) is 55.8 Å². The minimum Gasteiger partial charge on any atom is -0.370 e. The molecule has 0 bridgehead atoms. The molecule has 3 rings (SSSR count). The highest BCUT2D eigenvalue weighted by Gasteiger charge is 2.20. The lowest BCUT2D eigenvalue weighted by Crippen LogP contribution is -2.35. The summed E-state index contributed by atoms with van der Waals surface area (Å²) >= 11 is 1.89. The van der Waals surface area contributed by atoms with Crippen molar-refractivity contribution in [2.75, 3.05) is 23.7 Å². The van der Waals surface area contributed by atoms with Gasteiger partial charge in [-0.1, -0.05) is 25.7 Å². The molecule has 1 N–H and O–H groups in total. The van der Waals surface area contributed by atoms with E-state index in [-0.39, 0.29) is 5.91 Å². The van der Waals surface area contributed by atoms with Gasteiger partial charge in [0.2, 0.25) is 0 Å². The number of carbonyl (C=O) groups is 1. The van der Waals surface area contributed by atoms with Gasteiger partial charge in [-0.25, -0.2) is 0 Å². The number of benzene rings is 1. The SMILES string of the molecule is CCN1CCSc2ccc(C(=O)NC3CCCCCC3)cc21. The van der Waals surface area contributed by atoms with E-state index in [0.29, 0.717) is 6.04 Å². The van der Waals surface area contributed by atoms with Gasteiger partial charge >= 0.3 is 0 Å². The van der Waals surface area contributed by atoms with Gasteiger partial charge in [0.15, 0.2) is 0 Å². The van der Waals surface area contributed by atoms with Crippen LogP contribution in [-0.4, -0.2) is 30.8 Å². The van der Waals surface area contributed by atoms with Crippen molar-refractivity contribution in [1.82, 2.24) is 5.32 Å². The molecule has 0 aromatic heterocycles. The monoisotopic (exact) mass is 318 g/mol. The molecule has 0 spiro atoms. The van der Waals surface area contributed by atoms with Gasteiger partial charge in [-0.15, -0.1) is 11.8 Å². The zero-order valence-electron chi connectivity index (χ0n) is 13.4. The third-order valence-electron chi connectivity index (χ3n) is 4.75. The molecule has 120 valence electrons. The van der Waals surface area contributed by atoms with E-state index in [1.54, 1.807) is 0 Å². The Balaban J connectivity index is 1.72. The van der Waals surface area contributed by atoms with E-state index in [9.17, 15) is 4.79 Å². The van der Waals surface area contributed by atoms with Crippen LogP contribution in [0.5, 0.6) is 0 Å². The Hall–Kier alpha value is -1.16. The van der Waals surface area contributed by atoms with E-state index in [1.165, 1.54) is 36.3 Å². The number of hydrogen-bond donors (Lipinski definition) is 1. The molecule has 2 aliphatic rings. The highest BCUT2D eigenvalue weighted by atomic mass is 32.2. The number of thioether (sulfide) groups is 1. The van der Waals surface area contributed by atoms with Gasteiger partial charge in [0, 0.05) is 35.3 Å². The second kappa shape index (κ2) is 7.40. The van der Waals surface area contributed by atoms with Gasteiger partial charge < -0.3 is 10.2 Å². The molecule has 0 atom stereocenters. The first-order valence-electron chi connectivity index (χ1n) is 8.60. The summed E-state index contributed by atoms with van der Waals surface area (Å²) in [7, 11) is 0. The Morgan fingerprint density at radius 3 is 2.77 bits per heavy atom. The smallest absolute Gasteiger partial charge is 0.251 e. The maximum Gasteiger partial charge on any atom is 0.251 e. The van der Waals surface area contributed by atoms with E-state index in [1.807, 2.05) is 17.8 Å². The molecule has 1 aromatic rings. The Bertz CT molecular complexity index is 524. The number of nitrogens with zero attached hydrogens (tertiary/aromatic N) is 1. The van der Waals surface area contributed by atoms with Crippen LogP contribution in [0.25, 0.3) is 0 Å². The first-order valence-corrected chi connectivity index (χ1v) is 9.59. The summed E-state index contributed by atoms with van der Waals surface area (Å²) in [6, 6.07) is 6.54. The molecule has 1 fully saturated rings. The predicted octanol–water partition coefficient (Wildman–Crippen LogP) is 4.07. The van der Waals surface area contributed by atoms with Crippen LogP contribution in [0.3, 0.4) is 0 Å². The number of rotatable bonds is 3. The van der Waals surface area contributed by atoms with Crippen molar-refractivity contribution in [2.24, 2.45) is 0 Å². The van der Waals surface area contributed by atoms with Crippen LogP contribution in [0.2, 0.25) is 0 Å². The summed E-state index contributed by atoms with van der Waals surface area (Å²) in [6.07, 6.45) is 7.38. The number of amides is 1. The zero-order chi connectivity index (χ0) is 15.4. The molecule has 1 saturated carbocycles. The average Bonchev–Trinajstić information content (AvgIpc) is 2.82. The topological polar surface area (TPSA) is 32.3 Å². The molecular weight excluding hydrogens is 292 g/mol. The van der Waals surface area contributed by atoms with E-state index < -0.39 is 0 Å². The standard InChI is InChI=1S/C18H26N2OS/c1-2-20-11-12-22-17-10-9-14(13-16(17)20)18(21)19-15-7-5-3-4-6-8-15/h9-10,13,15H,2-8,11-12H2,1H3,(H,19,21). The van der Waals surface area contributed by atoms with Crippen molar-refractivity contribution in [3.8, 4) is 0 Å². The highest BCUT2D eigenvalue weighted by molar-refractivity contribution is 7.99. The fourth-order valence-electron chi connectivity index (χ4n) is 3.43. The van der Waals surface area contributed by atoms with Gasteiger partial charge in [-0.05, 0) is 38.0 Å². The van der Waals surface area contributed by atoms with Crippen molar-refractivity contribution in [1.29, 1.82) is 0 Å². The Kier molecular flexibility index (Phi) is 5.29. The fourth-order valence-corrected chi connectivity index (χ4v) is 4.47. The van der Waals surface area contributed by atoms with E-state index in [4.69, 9.17) is 0 Å². The van der Waals surface area contributed by atoms with Crippen molar-refractivity contribution >= 4 is 23.4 Å². The summed E-state index contributed by atoms with van der Waals surface area (Å²) < 4.78 is 0. The van der Waals surface area contributed by atoms with Crippen LogP contribution < -0.4 is 10.2 Å². The van der Waals surface area contributed by atoms with Crippen molar-refractivity contribution in [2.45, 2.75) is 56.4 Å². The quantitative estimate of drug-likeness (QED) is 0.853. The summed E-state index contributed by atoms with van der Waals surface area (Å²) in [5.74, 6) is 1.23. The predicted molar refractivity (Wildman–Crippen MR) is 94.0 cm³/mol. The number of carbonyl (C=O) groups excluding carboxylic acids is 1. The normalized spacial score (nSPS) is 19.4. The van der Waals surface area contributed by atoms with Crippen molar-refractivity contribution in [3.63, 3.8) is 0 Å². The van der Waals surface area contributed by atoms with Gasteiger partial charge in [-0.2, -0.15) is 0 Å². The van der Waals surface area contributed by atoms with E-state index in [0.717, 1.165) is 37.2 Å². The number of anilines is 1. The Labute approximate surface area is 137 Å². The van der Waals surface area contributed by atoms with Gasteiger partial charge in [0.1, 0.15) is 0 Å². The minimum absolute atomic E-state index is 0.0985. The van der Waals surface area contributed by atoms with Crippen LogP contribution in [0, 0.1) is 0 Å². The Morgan fingerprint density at radius 1 is 1.27 bits per heavy atom. The number of nitrogens with one attached hydrogen (secondary N) is 1. The maximum absolute atomic E-state index is 12.6. The number of hydrogen-bond acceptors (Lipinski definition) is 3. The Morgan fingerprint density at radius 2 is 2.05 bits per heavy atom. The van der Waals surface area contributed by atoms with Crippen LogP contribution in [-0.2, 0) is 0 Å². The molecule has 1 amide bonds. The van der Waals surface area contributed by atoms with Gasteiger partial charge in [0.05, 0.1) is 5.69 Å². The molecule has 1 aliphatic heterocycles. The second-order valence-electron chi connectivity index (χ2n) is 6.27.